The molecule has 210 valence electrons. The molecule has 2 amide bonds. The number of aromatic nitrogens is 1. The first-order chi connectivity index (χ1) is 19.3. The van der Waals surface area contributed by atoms with Crippen LogP contribution in [0.4, 0.5) is 4.79 Å². The lowest BCUT2D eigenvalue weighted by Gasteiger charge is -2.42. The summed E-state index contributed by atoms with van der Waals surface area (Å²) in [5.41, 5.74) is 4.23. The van der Waals surface area contributed by atoms with Crippen LogP contribution in [0.15, 0.2) is 72.8 Å². The Balaban J connectivity index is 1.21. The highest BCUT2D eigenvalue weighted by atomic mass is 16.6. The van der Waals surface area contributed by atoms with E-state index < -0.39 is 0 Å². The lowest BCUT2D eigenvalue weighted by atomic mass is 9.99. The summed E-state index contributed by atoms with van der Waals surface area (Å²) >= 11 is 0. The maximum Gasteiger partial charge on any atom is 0.409 e. The third kappa shape index (κ3) is 6.89. The Hall–Kier alpha value is -3.71. The van der Waals surface area contributed by atoms with Crippen LogP contribution in [0.25, 0.3) is 22.5 Å². The van der Waals surface area contributed by atoms with E-state index in [1.165, 1.54) is 0 Å². The Bertz CT molecular complexity index is 1230. The van der Waals surface area contributed by atoms with E-state index >= 15 is 0 Å². The molecule has 0 radical (unpaired) electrons. The second-order valence-corrected chi connectivity index (χ2v) is 12.0. The molecule has 0 atom stereocenters. The van der Waals surface area contributed by atoms with Crippen molar-refractivity contribution in [2.45, 2.75) is 39.7 Å². The number of nitrogens with zero attached hydrogens (tertiary/aromatic N) is 4. The largest absolute Gasteiger partial charge is 0.449 e. The van der Waals surface area contributed by atoms with Gasteiger partial charge in [-0.15, -0.1) is 0 Å². The van der Waals surface area contributed by atoms with Gasteiger partial charge in [-0.05, 0) is 30.4 Å². The molecular weight excluding hydrogens is 500 g/mol. The Kier molecular flexibility index (Phi) is 8.50. The van der Waals surface area contributed by atoms with Gasteiger partial charge in [0.2, 0.25) is 0 Å². The fourth-order valence-corrected chi connectivity index (χ4v) is 5.42. The second kappa shape index (κ2) is 12.2. The first kappa shape index (κ1) is 27.8. The first-order valence-corrected chi connectivity index (χ1v) is 14.3. The quantitative estimate of drug-likeness (QED) is 0.408. The molecule has 40 heavy (non-hydrogen) atoms. The fraction of sp³-hybridized carbons (Fsp3) is 0.424. The van der Waals surface area contributed by atoms with Gasteiger partial charge >= 0.3 is 6.09 Å². The predicted octanol–water partition coefficient (Wildman–Crippen LogP) is 5.82. The minimum Gasteiger partial charge on any atom is -0.449 e. The summed E-state index contributed by atoms with van der Waals surface area (Å²) in [6.07, 6.45) is 1.67. The SMILES string of the molecule is CC(C)(C)COC(=O)N1CCC(N2CCN(C(=O)c3cc(-c4ccccc4)nc(-c4ccccc4)c3)CC2)CC1. The van der Waals surface area contributed by atoms with Crippen molar-refractivity contribution in [3.05, 3.63) is 78.4 Å². The summed E-state index contributed by atoms with van der Waals surface area (Å²) in [6, 6.07) is 24.3. The van der Waals surface area contributed by atoms with Gasteiger partial charge in [-0.3, -0.25) is 9.69 Å². The summed E-state index contributed by atoms with van der Waals surface area (Å²) in [5, 5.41) is 0. The van der Waals surface area contributed by atoms with Gasteiger partial charge in [-0.25, -0.2) is 9.78 Å². The van der Waals surface area contributed by atoms with Gasteiger partial charge in [0.05, 0.1) is 18.0 Å². The van der Waals surface area contributed by atoms with E-state index in [2.05, 4.69) is 25.7 Å². The first-order valence-electron chi connectivity index (χ1n) is 14.3. The zero-order valence-electron chi connectivity index (χ0n) is 23.9. The van der Waals surface area contributed by atoms with Crippen molar-refractivity contribution >= 4 is 12.0 Å². The number of amides is 2. The Morgan fingerprint density at radius 3 is 1.80 bits per heavy atom. The third-order valence-electron chi connectivity index (χ3n) is 7.68. The topological polar surface area (TPSA) is 66.0 Å². The van der Waals surface area contributed by atoms with E-state index in [4.69, 9.17) is 9.72 Å². The summed E-state index contributed by atoms with van der Waals surface area (Å²) in [5.74, 6) is 0.0489. The van der Waals surface area contributed by atoms with E-state index in [0.717, 1.165) is 48.4 Å². The lowest BCUT2D eigenvalue weighted by molar-refractivity contribution is 0.0355. The number of carbonyl (C=O) groups excluding carboxylic acids is 2. The van der Waals surface area contributed by atoms with Gasteiger partial charge in [0.1, 0.15) is 0 Å². The highest BCUT2D eigenvalue weighted by molar-refractivity contribution is 5.96. The maximum atomic E-state index is 13.7. The van der Waals surface area contributed by atoms with Crippen LogP contribution in [0.5, 0.6) is 0 Å². The van der Waals surface area contributed by atoms with E-state index in [9.17, 15) is 9.59 Å². The number of pyridine rings is 1. The van der Waals surface area contributed by atoms with Gasteiger partial charge < -0.3 is 14.5 Å². The minimum atomic E-state index is -0.203. The molecule has 3 aromatic rings. The van der Waals surface area contributed by atoms with Crippen molar-refractivity contribution in [3.63, 3.8) is 0 Å². The van der Waals surface area contributed by atoms with Crippen LogP contribution in [-0.2, 0) is 4.74 Å². The average molecular weight is 541 g/mol. The van der Waals surface area contributed by atoms with Crippen molar-refractivity contribution in [2.24, 2.45) is 5.41 Å². The van der Waals surface area contributed by atoms with Gasteiger partial charge in [-0.2, -0.15) is 0 Å². The molecule has 3 heterocycles. The molecule has 0 spiro atoms. The molecule has 1 aromatic heterocycles. The van der Waals surface area contributed by atoms with Gasteiger partial charge in [0.25, 0.3) is 5.91 Å². The van der Waals surface area contributed by atoms with E-state index in [1.54, 1.807) is 0 Å². The van der Waals surface area contributed by atoms with Gasteiger partial charge in [0, 0.05) is 62.0 Å². The fourth-order valence-electron chi connectivity index (χ4n) is 5.42. The highest BCUT2D eigenvalue weighted by Gasteiger charge is 2.31. The Labute approximate surface area is 237 Å². The molecule has 2 aliphatic heterocycles. The van der Waals surface area contributed by atoms with E-state index in [0.29, 0.717) is 44.4 Å². The second-order valence-electron chi connectivity index (χ2n) is 12.0. The third-order valence-corrected chi connectivity index (χ3v) is 7.68. The van der Waals surface area contributed by atoms with E-state index in [1.807, 2.05) is 82.6 Å². The Morgan fingerprint density at radius 2 is 1.30 bits per heavy atom. The Morgan fingerprint density at radius 1 is 0.775 bits per heavy atom. The molecular formula is C33H40N4O3. The van der Waals surface area contributed by atoms with Crippen LogP contribution in [0.3, 0.4) is 0 Å². The molecule has 0 saturated carbocycles. The molecule has 0 aliphatic carbocycles. The van der Waals surface area contributed by atoms with Crippen molar-refractivity contribution in [2.75, 3.05) is 45.9 Å². The number of piperidine rings is 1. The van der Waals surface area contributed by atoms with E-state index in [-0.39, 0.29) is 17.4 Å². The van der Waals surface area contributed by atoms with Crippen LogP contribution in [0, 0.1) is 5.41 Å². The van der Waals surface area contributed by atoms with Crippen LogP contribution >= 0.6 is 0 Å². The molecule has 0 N–H and O–H groups in total. The van der Waals surface area contributed by atoms with Crippen molar-refractivity contribution in [1.29, 1.82) is 0 Å². The smallest absolute Gasteiger partial charge is 0.409 e. The number of carbonyl (C=O) groups is 2. The molecule has 7 heteroatoms. The molecule has 0 bridgehead atoms. The molecule has 2 aliphatic rings. The zero-order chi connectivity index (χ0) is 28.1. The molecule has 7 nitrogen and oxygen atoms in total. The van der Waals surface area contributed by atoms with Crippen LogP contribution in [-0.4, -0.2) is 83.6 Å². The van der Waals surface area contributed by atoms with Crippen LogP contribution in [0.1, 0.15) is 44.0 Å². The number of rotatable bonds is 5. The minimum absolute atomic E-state index is 0.0341. The number of piperazine rings is 1. The number of benzene rings is 2. The summed E-state index contributed by atoms with van der Waals surface area (Å²) in [4.78, 5) is 37.4. The predicted molar refractivity (Wildman–Crippen MR) is 158 cm³/mol. The maximum absolute atomic E-state index is 13.7. The van der Waals surface area contributed by atoms with Crippen molar-refractivity contribution in [1.82, 2.24) is 19.7 Å². The monoisotopic (exact) mass is 540 g/mol. The lowest BCUT2D eigenvalue weighted by Crippen LogP contribution is -2.54. The van der Waals surface area contributed by atoms with Gasteiger partial charge in [-0.1, -0.05) is 81.4 Å². The van der Waals surface area contributed by atoms with Gasteiger partial charge in [0.15, 0.2) is 0 Å². The van der Waals surface area contributed by atoms with Crippen LogP contribution in [0.2, 0.25) is 0 Å². The van der Waals surface area contributed by atoms with Crippen molar-refractivity contribution < 1.29 is 14.3 Å². The number of hydrogen-bond acceptors (Lipinski definition) is 5. The highest BCUT2D eigenvalue weighted by Crippen LogP contribution is 2.26. The zero-order valence-corrected chi connectivity index (χ0v) is 23.9. The molecule has 2 fully saturated rings. The van der Waals surface area contributed by atoms with Crippen molar-refractivity contribution in [3.8, 4) is 22.5 Å². The molecule has 0 unspecified atom stereocenters. The number of hydrogen-bond donors (Lipinski definition) is 0. The molecule has 2 aromatic carbocycles. The summed E-state index contributed by atoms with van der Waals surface area (Å²) in [7, 11) is 0. The van der Waals surface area contributed by atoms with Crippen LogP contribution < -0.4 is 0 Å². The molecule has 5 rings (SSSR count). The number of ether oxygens (including phenoxy) is 1. The average Bonchev–Trinajstić information content (AvgIpc) is 3.00. The number of likely N-dealkylation sites (tertiary alicyclic amines) is 1. The summed E-state index contributed by atoms with van der Waals surface area (Å²) in [6.45, 7) is 11.1. The molecule has 2 saturated heterocycles. The standard InChI is InChI=1S/C33H40N4O3/c1-33(2,3)24-40-32(39)37-16-14-28(15-17-37)35-18-20-36(21-19-35)31(38)27-22-29(25-10-6-4-7-11-25)34-30(23-27)26-12-8-5-9-13-26/h4-13,22-23,28H,14-21,24H2,1-3H3. The normalized spacial score (nSPS) is 17.1. The summed E-state index contributed by atoms with van der Waals surface area (Å²) < 4.78 is 5.51.